The van der Waals surface area contributed by atoms with E-state index in [1.807, 2.05) is 11.8 Å². The van der Waals surface area contributed by atoms with Crippen LogP contribution < -0.4 is 0 Å². The van der Waals surface area contributed by atoms with Gasteiger partial charge in [-0.3, -0.25) is 9.59 Å². The third-order valence-corrected chi connectivity index (χ3v) is 4.66. The largest absolute Gasteiger partial charge is 0.330 e. The first kappa shape index (κ1) is 17.2. The molecule has 0 heterocycles. The molecule has 0 N–H and O–H groups in total. The zero-order valence-electron chi connectivity index (χ0n) is 13.7. The smallest absolute Gasteiger partial charge is 0.223 e. The SMILES string of the molecule is CCCC(C)N(C(=O)CC1CCCCC1)C(C)C(C)=O. The van der Waals surface area contributed by atoms with E-state index in [4.69, 9.17) is 0 Å². The Morgan fingerprint density at radius 3 is 2.25 bits per heavy atom. The highest BCUT2D eigenvalue weighted by Crippen LogP contribution is 2.28. The van der Waals surface area contributed by atoms with Crippen LogP contribution >= 0.6 is 0 Å². The van der Waals surface area contributed by atoms with Crippen LogP contribution in [0.3, 0.4) is 0 Å². The van der Waals surface area contributed by atoms with Crippen molar-refractivity contribution in [1.29, 1.82) is 0 Å². The molecule has 20 heavy (non-hydrogen) atoms. The predicted molar refractivity (Wildman–Crippen MR) is 82.6 cm³/mol. The van der Waals surface area contributed by atoms with Gasteiger partial charge < -0.3 is 4.90 Å². The predicted octanol–water partition coefficient (Wildman–Crippen LogP) is 3.95. The zero-order valence-corrected chi connectivity index (χ0v) is 13.7. The molecule has 1 rings (SSSR count). The Morgan fingerprint density at radius 2 is 1.75 bits per heavy atom. The summed E-state index contributed by atoms with van der Waals surface area (Å²) in [6.45, 7) is 7.65. The van der Waals surface area contributed by atoms with E-state index in [0.29, 0.717) is 12.3 Å². The maximum absolute atomic E-state index is 12.6. The first-order valence-electron chi connectivity index (χ1n) is 8.29. The highest BCUT2D eigenvalue weighted by Gasteiger charge is 2.29. The third-order valence-electron chi connectivity index (χ3n) is 4.66. The van der Waals surface area contributed by atoms with Crippen molar-refractivity contribution < 1.29 is 9.59 Å². The molecule has 0 spiro atoms. The third kappa shape index (κ3) is 4.92. The van der Waals surface area contributed by atoms with Crippen molar-refractivity contribution in [3.63, 3.8) is 0 Å². The summed E-state index contributed by atoms with van der Waals surface area (Å²) < 4.78 is 0. The van der Waals surface area contributed by atoms with Crippen LogP contribution in [0.5, 0.6) is 0 Å². The molecule has 1 saturated carbocycles. The van der Waals surface area contributed by atoms with E-state index in [9.17, 15) is 9.59 Å². The molecule has 2 unspecified atom stereocenters. The van der Waals surface area contributed by atoms with Gasteiger partial charge in [0, 0.05) is 12.5 Å². The average molecular weight is 281 g/mol. The van der Waals surface area contributed by atoms with Gasteiger partial charge in [-0.15, -0.1) is 0 Å². The van der Waals surface area contributed by atoms with Crippen molar-refractivity contribution in [3.05, 3.63) is 0 Å². The van der Waals surface area contributed by atoms with Gasteiger partial charge in [-0.25, -0.2) is 0 Å². The van der Waals surface area contributed by atoms with Gasteiger partial charge in [0.2, 0.25) is 5.91 Å². The number of nitrogens with zero attached hydrogens (tertiary/aromatic N) is 1. The molecule has 0 aromatic rings. The number of Topliss-reactive ketones (excluding diaryl/α,β-unsaturated/α-hetero) is 1. The summed E-state index contributed by atoms with van der Waals surface area (Å²) in [6.07, 6.45) is 8.81. The van der Waals surface area contributed by atoms with Gasteiger partial charge in [-0.05, 0) is 46.0 Å². The number of hydrogen-bond donors (Lipinski definition) is 0. The molecule has 1 fully saturated rings. The van der Waals surface area contributed by atoms with E-state index in [-0.39, 0.29) is 23.8 Å². The minimum absolute atomic E-state index is 0.0879. The fourth-order valence-electron chi connectivity index (χ4n) is 3.34. The lowest BCUT2D eigenvalue weighted by Crippen LogP contribution is -2.48. The molecule has 0 bridgehead atoms. The van der Waals surface area contributed by atoms with E-state index in [0.717, 1.165) is 12.8 Å². The number of carbonyl (C=O) groups is 2. The number of amides is 1. The maximum Gasteiger partial charge on any atom is 0.223 e. The summed E-state index contributed by atoms with van der Waals surface area (Å²) in [6, 6.07) is -0.123. The first-order valence-corrected chi connectivity index (χ1v) is 8.29. The summed E-state index contributed by atoms with van der Waals surface area (Å²) in [5.41, 5.74) is 0. The fraction of sp³-hybridized carbons (Fsp3) is 0.882. The molecular weight excluding hydrogens is 250 g/mol. The van der Waals surface area contributed by atoms with E-state index in [2.05, 4.69) is 13.8 Å². The lowest BCUT2D eigenvalue weighted by molar-refractivity contribution is -0.142. The molecule has 1 aliphatic rings. The lowest BCUT2D eigenvalue weighted by atomic mass is 9.86. The monoisotopic (exact) mass is 281 g/mol. The fourth-order valence-corrected chi connectivity index (χ4v) is 3.34. The molecule has 0 radical (unpaired) electrons. The van der Waals surface area contributed by atoms with Crippen molar-refractivity contribution in [2.24, 2.45) is 5.92 Å². The molecule has 3 heteroatoms. The van der Waals surface area contributed by atoms with Gasteiger partial charge in [0.25, 0.3) is 0 Å². The van der Waals surface area contributed by atoms with Crippen LogP contribution in [0.1, 0.15) is 79.1 Å². The molecule has 116 valence electrons. The van der Waals surface area contributed by atoms with E-state index in [1.165, 1.54) is 32.1 Å². The van der Waals surface area contributed by atoms with Crippen molar-refractivity contribution in [1.82, 2.24) is 4.90 Å². The summed E-state index contributed by atoms with van der Waals surface area (Å²) in [5.74, 6) is 0.803. The second kappa shape index (κ2) is 8.43. The van der Waals surface area contributed by atoms with Gasteiger partial charge in [0.05, 0.1) is 6.04 Å². The lowest BCUT2D eigenvalue weighted by Gasteiger charge is -2.35. The standard InChI is InChI=1S/C17H31NO2/c1-5-9-13(2)18(14(3)15(4)19)17(20)12-16-10-7-6-8-11-16/h13-14,16H,5-12H2,1-4H3. The Labute approximate surface area is 124 Å². The number of hydrogen-bond acceptors (Lipinski definition) is 2. The van der Waals surface area contributed by atoms with Crippen molar-refractivity contribution in [2.45, 2.75) is 91.1 Å². The molecular formula is C17H31NO2. The number of ketones is 1. The molecule has 3 nitrogen and oxygen atoms in total. The summed E-state index contributed by atoms with van der Waals surface area (Å²) in [7, 11) is 0. The Balaban J connectivity index is 2.69. The summed E-state index contributed by atoms with van der Waals surface area (Å²) >= 11 is 0. The average Bonchev–Trinajstić information content (AvgIpc) is 2.40. The van der Waals surface area contributed by atoms with E-state index in [1.54, 1.807) is 6.92 Å². The van der Waals surface area contributed by atoms with Crippen LogP contribution in [0, 0.1) is 5.92 Å². The highest BCUT2D eigenvalue weighted by atomic mass is 16.2. The molecule has 1 aliphatic carbocycles. The van der Waals surface area contributed by atoms with E-state index >= 15 is 0 Å². The first-order chi connectivity index (χ1) is 9.47. The molecule has 0 aromatic carbocycles. The van der Waals surface area contributed by atoms with Crippen molar-refractivity contribution in [3.8, 4) is 0 Å². The summed E-state index contributed by atoms with van der Waals surface area (Å²) in [4.78, 5) is 26.2. The second-order valence-corrected chi connectivity index (χ2v) is 6.43. The van der Waals surface area contributed by atoms with Crippen LogP contribution in [0.4, 0.5) is 0 Å². The van der Waals surface area contributed by atoms with Gasteiger partial charge >= 0.3 is 0 Å². The number of rotatable bonds is 7. The van der Waals surface area contributed by atoms with Crippen LogP contribution in [0.25, 0.3) is 0 Å². The Morgan fingerprint density at radius 1 is 1.15 bits per heavy atom. The molecule has 0 aliphatic heterocycles. The Bertz CT molecular complexity index is 321. The number of carbonyl (C=O) groups excluding carboxylic acids is 2. The van der Waals surface area contributed by atoms with Crippen molar-refractivity contribution >= 4 is 11.7 Å². The molecule has 0 saturated heterocycles. The maximum atomic E-state index is 12.6. The quantitative estimate of drug-likeness (QED) is 0.708. The van der Waals surface area contributed by atoms with Crippen LogP contribution in [0.2, 0.25) is 0 Å². The van der Waals surface area contributed by atoms with Crippen molar-refractivity contribution in [2.75, 3.05) is 0 Å². The van der Waals surface area contributed by atoms with Crippen LogP contribution in [-0.4, -0.2) is 28.7 Å². The Hall–Kier alpha value is -0.860. The van der Waals surface area contributed by atoms with E-state index < -0.39 is 0 Å². The molecule has 2 atom stereocenters. The van der Waals surface area contributed by atoms with Gasteiger partial charge in [-0.2, -0.15) is 0 Å². The minimum atomic E-state index is -0.285. The molecule has 0 aromatic heterocycles. The van der Waals surface area contributed by atoms with Gasteiger partial charge in [0.1, 0.15) is 0 Å². The topological polar surface area (TPSA) is 37.4 Å². The van der Waals surface area contributed by atoms with Gasteiger partial charge in [0.15, 0.2) is 5.78 Å². The second-order valence-electron chi connectivity index (χ2n) is 6.43. The van der Waals surface area contributed by atoms with Crippen LogP contribution in [-0.2, 0) is 9.59 Å². The van der Waals surface area contributed by atoms with Crippen LogP contribution in [0.15, 0.2) is 0 Å². The normalized spacial score (nSPS) is 19.4. The zero-order chi connectivity index (χ0) is 15.1. The minimum Gasteiger partial charge on any atom is -0.330 e. The molecule has 1 amide bonds. The summed E-state index contributed by atoms with van der Waals surface area (Å²) in [5, 5.41) is 0. The highest BCUT2D eigenvalue weighted by molar-refractivity contribution is 5.87. The van der Waals surface area contributed by atoms with Gasteiger partial charge in [-0.1, -0.05) is 32.6 Å². The Kier molecular flexibility index (Phi) is 7.25.